The van der Waals surface area contributed by atoms with E-state index in [-0.39, 0.29) is 5.41 Å². The van der Waals surface area contributed by atoms with Gasteiger partial charge in [0.2, 0.25) is 0 Å². The summed E-state index contributed by atoms with van der Waals surface area (Å²) in [6.45, 7) is 4.79. The third-order valence-corrected chi connectivity index (χ3v) is 13.2. The molecule has 0 bridgehead atoms. The van der Waals surface area contributed by atoms with Crippen molar-refractivity contribution in [3.05, 3.63) is 217 Å². The highest BCUT2D eigenvalue weighted by Gasteiger charge is 2.36. The highest BCUT2D eigenvalue weighted by molar-refractivity contribution is 6.22. The van der Waals surface area contributed by atoms with Crippen molar-refractivity contribution in [1.29, 1.82) is 0 Å². The van der Waals surface area contributed by atoms with Crippen LogP contribution in [-0.4, -0.2) is 0 Å². The lowest BCUT2D eigenvalue weighted by molar-refractivity contribution is 0.661. The van der Waals surface area contributed by atoms with Gasteiger partial charge < -0.3 is 0 Å². The fourth-order valence-electron chi connectivity index (χ4n) is 10.1. The van der Waals surface area contributed by atoms with E-state index in [9.17, 15) is 0 Å². The predicted molar refractivity (Wildman–Crippen MR) is 253 cm³/mol. The standard InChI is InChI=1S/C59H40/c1-59(2)55-35-45(43-22-19-37-11-3-6-14-40(37)31-43)25-28-49(55)50-29-26-46(36-56(50)59)44-27-30-53-54(34-44)58(48-24-21-39-13-5-8-16-42(39)33-48)52-18-10-9-17-51(52)57(53)47-23-20-38-12-4-7-15-41(38)32-47/h3-36H,1-2H3. The fourth-order valence-corrected chi connectivity index (χ4v) is 10.1. The Morgan fingerprint density at radius 2 is 0.593 bits per heavy atom. The Kier molecular flexibility index (Phi) is 7.38. The summed E-state index contributed by atoms with van der Waals surface area (Å²) in [5, 5.41) is 12.6. The molecule has 12 rings (SSSR count). The van der Waals surface area contributed by atoms with Crippen LogP contribution in [0.4, 0.5) is 0 Å². The Balaban J connectivity index is 1.04. The molecule has 0 aliphatic heterocycles. The Morgan fingerprint density at radius 3 is 1.10 bits per heavy atom. The molecule has 0 amide bonds. The molecule has 0 atom stereocenters. The maximum atomic E-state index is 2.47. The molecule has 0 fully saturated rings. The van der Waals surface area contributed by atoms with Crippen LogP contribution in [0.5, 0.6) is 0 Å². The summed E-state index contributed by atoms with van der Waals surface area (Å²) in [5.41, 5.74) is 15.3. The van der Waals surface area contributed by atoms with Crippen LogP contribution in [0.25, 0.3) is 109 Å². The second-order valence-electron chi connectivity index (χ2n) is 16.9. The molecule has 1 aliphatic rings. The van der Waals surface area contributed by atoms with E-state index in [0.717, 1.165) is 0 Å². The largest absolute Gasteiger partial charge is 0.0616 e. The summed E-state index contributed by atoms with van der Waals surface area (Å²) < 4.78 is 0. The maximum absolute atomic E-state index is 2.47. The normalized spacial score (nSPS) is 13.1. The van der Waals surface area contributed by atoms with Crippen LogP contribution in [0.1, 0.15) is 25.0 Å². The third-order valence-electron chi connectivity index (χ3n) is 13.2. The van der Waals surface area contributed by atoms with Crippen LogP contribution >= 0.6 is 0 Å². The monoisotopic (exact) mass is 748 g/mol. The van der Waals surface area contributed by atoms with Gasteiger partial charge in [0.1, 0.15) is 0 Å². The van der Waals surface area contributed by atoms with Gasteiger partial charge in [-0.1, -0.05) is 184 Å². The number of hydrogen-bond donors (Lipinski definition) is 0. The second kappa shape index (κ2) is 12.9. The van der Waals surface area contributed by atoms with Crippen LogP contribution < -0.4 is 0 Å². The summed E-state index contributed by atoms with van der Waals surface area (Å²) in [4.78, 5) is 0. The van der Waals surface area contributed by atoms with Crippen molar-refractivity contribution >= 4 is 53.9 Å². The van der Waals surface area contributed by atoms with Gasteiger partial charge in [0.25, 0.3) is 0 Å². The van der Waals surface area contributed by atoms with Crippen molar-refractivity contribution in [3.8, 4) is 55.6 Å². The molecule has 0 spiro atoms. The topological polar surface area (TPSA) is 0 Å². The first kappa shape index (κ1) is 33.8. The lowest BCUT2D eigenvalue weighted by Crippen LogP contribution is -2.15. The van der Waals surface area contributed by atoms with Crippen molar-refractivity contribution in [2.24, 2.45) is 0 Å². The molecule has 0 heteroatoms. The molecule has 0 aromatic heterocycles. The lowest BCUT2D eigenvalue weighted by Gasteiger charge is -2.23. The van der Waals surface area contributed by atoms with E-state index in [1.807, 2.05) is 0 Å². The number of fused-ring (bicyclic) bond motifs is 8. The number of hydrogen-bond acceptors (Lipinski definition) is 0. The van der Waals surface area contributed by atoms with Crippen LogP contribution in [0.2, 0.25) is 0 Å². The van der Waals surface area contributed by atoms with E-state index < -0.39 is 0 Å². The van der Waals surface area contributed by atoms with Gasteiger partial charge in [-0.15, -0.1) is 0 Å². The first-order valence-corrected chi connectivity index (χ1v) is 20.7. The minimum atomic E-state index is -0.153. The molecule has 0 saturated heterocycles. The van der Waals surface area contributed by atoms with E-state index in [0.29, 0.717) is 0 Å². The molecule has 0 N–H and O–H groups in total. The molecule has 0 heterocycles. The molecule has 0 unspecified atom stereocenters. The molecule has 59 heavy (non-hydrogen) atoms. The van der Waals surface area contributed by atoms with Gasteiger partial charge in [0.05, 0.1) is 0 Å². The van der Waals surface area contributed by atoms with Gasteiger partial charge in [-0.2, -0.15) is 0 Å². The van der Waals surface area contributed by atoms with E-state index in [4.69, 9.17) is 0 Å². The molecular weight excluding hydrogens is 709 g/mol. The molecule has 0 nitrogen and oxygen atoms in total. The molecule has 0 radical (unpaired) electrons. The van der Waals surface area contributed by atoms with E-state index >= 15 is 0 Å². The van der Waals surface area contributed by atoms with Gasteiger partial charge in [-0.25, -0.2) is 0 Å². The molecule has 0 saturated carbocycles. The predicted octanol–water partition coefficient (Wildman–Crippen LogP) is 16.4. The van der Waals surface area contributed by atoms with Crippen LogP contribution in [-0.2, 0) is 5.41 Å². The van der Waals surface area contributed by atoms with Crippen molar-refractivity contribution in [1.82, 2.24) is 0 Å². The Hall–Kier alpha value is -7.28. The van der Waals surface area contributed by atoms with Crippen molar-refractivity contribution < 1.29 is 0 Å². The van der Waals surface area contributed by atoms with Gasteiger partial charge >= 0.3 is 0 Å². The van der Waals surface area contributed by atoms with Crippen molar-refractivity contribution in [3.63, 3.8) is 0 Å². The van der Waals surface area contributed by atoms with Crippen molar-refractivity contribution in [2.45, 2.75) is 19.3 Å². The maximum Gasteiger partial charge on any atom is 0.0159 e. The van der Waals surface area contributed by atoms with Gasteiger partial charge in [0.15, 0.2) is 0 Å². The molecule has 11 aromatic carbocycles. The lowest BCUT2D eigenvalue weighted by atomic mass is 9.80. The average molecular weight is 749 g/mol. The molecular formula is C59H40. The second-order valence-corrected chi connectivity index (χ2v) is 16.9. The molecule has 1 aliphatic carbocycles. The highest BCUT2D eigenvalue weighted by Crippen LogP contribution is 2.52. The van der Waals surface area contributed by atoms with Crippen molar-refractivity contribution in [2.75, 3.05) is 0 Å². The number of rotatable bonds is 4. The smallest absolute Gasteiger partial charge is 0.0159 e. The summed E-state index contributed by atoms with van der Waals surface area (Å²) in [6, 6.07) is 77.2. The van der Waals surface area contributed by atoms with Gasteiger partial charge in [-0.3, -0.25) is 0 Å². The van der Waals surface area contributed by atoms with Crippen LogP contribution in [0, 0.1) is 0 Å². The zero-order valence-electron chi connectivity index (χ0n) is 33.1. The zero-order valence-corrected chi connectivity index (χ0v) is 33.1. The quantitative estimate of drug-likeness (QED) is 0.157. The third kappa shape index (κ3) is 5.30. The average Bonchev–Trinajstić information content (AvgIpc) is 3.52. The molecule has 11 aromatic rings. The first-order chi connectivity index (χ1) is 29.0. The van der Waals surface area contributed by atoms with E-state index in [1.54, 1.807) is 0 Å². The van der Waals surface area contributed by atoms with Gasteiger partial charge in [0, 0.05) is 5.41 Å². The van der Waals surface area contributed by atoms with Gasteiger partial charge in [-0.05, 0) is 157 Å². The number of benzene rings is 11. The molecule has 276 valence electrons. The summed E-state index contributed by atoms with van der Waals surface area (Å²) >= 11 is 0. The van der Waals surface area contributed by atoms with Crippen LogP contribution in [0.15, 0.2) is 206 Å². The Bertz CT molecular complexity index is 3530. The Morgan fingerprint density at radius 1 is 0.254 bits per heavy atom. The summed E-state index contributed by atoms with van der Waals surface area (Å²) in [5.74, 6) is 0. The zero-order chi connectivity index (χ0) is 39.2. The van der Waals surface area contributed by atoms with E-state index in [2.05, 4.69) is 220 Å². The Labute approximate surface area is 344 Å². The SMILES string of the molecule is CC1(C)c2cc(-c3ccc4ccccc4c3)ccc2-c2ccc(-c3ccc4c(-c5ccc6ccccc6c5)c5ccccc5c(-c5ccc6ccccc6c5)c4c3)cc21. The van der Waals surface area contributed by atoms with Crippen LogP contribution in [0.3, 0.4) is 0 Å². The minimum absolute atomic E-state index is 0.153. The van der Waals surface area contributed by atoms with E-state index in [1.165, 1.54) is 121 Å². The minimum Gasteiger partial charge on any atom is -0.0616 e. The summed E-state index contributed by atoms with van der Waals surface area (Å²) in [7, 11) is 0. The fraction of sp³-hybridized carbons (Fsp3) is 0.0508. The summed E-state index contributed by atoms with van der Waals surface area (Å²) in [6.07, 6.45) is 0. The first-order valence-electron chi connectivity index (χ1n) is 20.7. The highest BCUT2D eigenvalue weighted by atomic mass is 14.4.